The molecular weight excluding hydrogens is 681 g/mol. The summed E-state index contributed by atoms with van der Waals surface area (Å²) in [5, 5.41) is 18.6. The van der Waals surface area contributed by atoms with E-state index < -0.39 is 26.1 Å². The van der Waals surface area contributed by atoms with Crippen molar-refractivity contribution >= 4 is 43.5 Å². The summed E-state index contributed by atoms with van der Waals surface area (Å²) in [6.45, 7) is 24.4. The van der Waals surface area contributed by atoms with Crippen molar-refractivity contribution in [3.63, 3.8) is 0 Å². The molecule has 0 saturated carbocycles. The molecule has 2 N–H and O–H groups in total. The molecule has 52 heavy (non-hydrogen) atoms. The number of carboxylic acid groups (broad SMARTS) is 1. The molecule has 2 atom stereocenters. The molecule has 1 unspecified atom stereocenters. The number of piperidine rings is 1. The minimum absolute atomic E-state index is 0.0148. The van der Waals surface area contributed by atoms with Gasteiger partial charge >= 0.3 is 12.2 Å². The fourth-order valence-corrected chi connectivity index (χ4v) is 7.37. The molecule has 3 heterocycles. The largest absolute Gasteiger partial charge is 0.491 e. The average molecular weight is 741 g/mol. The molecule has 1 aromatic carbocycles. The monoisotopic (exact) mass is 740 g/mol. The first-order chi connectivity index (χ1) is 24.1. The quantitative estimate of drug-likeness (QED) is 0.138. The number of hydrogen-bond acceptors (Lipinski definition) is 9. The molecule has 0 spiro atoms. The van der Waals surface area contributed by atoms with Crippen LogP contribution in [0.1, 0.15) is 80.7 Å². The SMILES string of the molecule is COCCOc1ccc(N(C(=O)OC(C)(C)C)c2c(CCO[Si](C)(C)C(C)(C)C)c(NC3CCCN(C(=O)O)[C@H]3C(C)(C)C)nc3ccnn23)cc1. The zero-order chi connectivity index (χ0) is 38.6. The number of nitrogens with zero attached hydrogens (tertiary/aromatic N) is 5. The molecule has 0 aliphatic carbocycles. The van der Waals surface area contributed by atoms with Gasteiger partial charge in [0.15, 0.2) is 19.8 Å². The van der Waals surface area contributed by atoms with Gasteiger partial charge in [0.2, 0.25) is 0 Å². The van der Waals surface area contributed by atoms with E-state index in [-0.39, 0.29) is 22.5 Å². The molecule has 13 nitrogen and oxygen atoms in total. The summed E-state index contributed by atoms with van der Waals surface area (Å²) in [4.78, 5) is 35.1. The van der Waals surface area contributed by atoms with Crippen LogP contribution in [0.15, 0.2) is 36.5 Å². The van der Waals surface area contributed by atoms with Gasteiger partial charge in [-0.1, -0.05) is 41.5 Å². The molecule has 0 radical (unpaired) electrons. The standard InChI is InChI=1S/C38H60N6O7Si/c1-36(2,3)31-29(14-13-22-42(31)34(45)46)40-32-28(20-23-50-52(11,12)38(7,8)9)33(44-30(41-32)19-21-39-44)43(35(47)51-37(4,5)6)26-15-17-27(18-16-26)49-25-24-48-10/h15-19,21,29,31H,13-14,20,22-25H2,1-12H3,(H,40,41)(H,45,46)/t29?,31-/m1/s1. The van der Waals surface area contributed by atoms with Gasteiger partial charge in [-0.3, -0.25) is 0 Å². The van der Waals surface area contributed by atoms with Crippen molar-refractivity contribution < 1.29 is 33.3 Å². The second-order valence-electron chi connectivity index (χ2n) is 17.1. The minimum atomic E-state index is -2.16. The Morgan fingerprint density at radius 3 is 2.25 bits per heavy atom. The number of fused-ring (bicyclic) bond motifs is 1. The van der Waals surface area contributed by atoms with Crippen molar-refractivity contribution in [3.8, 4) is 5.75 Å². The molecular formula is C38H60N6O7Si. The van der Waals surface area contributed by atoms with Crippen molar-refractivity contribution in [1.82, 2.24) is 19.5 Å². The van der Waals surface area contributed by atoms with Crippen molar-refractivity contribution in [2.24, 2.45) is 5.41 Å². The molecule has 2 aromatic heterocycles. The van der Waals surface area contributed by atoms with Crippen LogP contribution in [0.2, 0.25) is 18.1 Å². The Balaban J connectivity index is 1.94. The molecule has 3 aromatic rings. The van der Waals surface area contributed by atoms with Gasteiger partial charge in [0.1, 0.15) is 23.8 Å². The number of methoxy groups -OCH3 is 1. The summed E-state index contributed by atoms with van der Waals surface area (Å²) in [5.74, 6) is 1.63. The highest BCUT2D eigenvalue weighted by atomic mass is 28.4. The van der Waals surface area contributed by atoms with Crippen molar-refractivity contribution in [3.05, 3.63) is 42.1 Å². The van der Waals surface area contributed by atoms with E-state index >= 15 is 0 Å². The van der Waals surface area contributed by atoms with Gasteiger partial charge in [0, 0.05) is 44.4 Å². The highest BCUT2D eigenvalue weighted by Gasteiger charge is 2.43. The summed E-state index contributed by atoms with van der Waals surface area (Å²) in [5.41, 5.74) is 0.570. The predicted molar refractivity (Wildman–Crippen MR) is 207 cm³/mol. The first kappa shape index (κ1) is 40.9. The Morgan fingerprint density at radius 1 is 1.00 bits per heavy atom. The highest BCUT2D eigenvalue weighted by molar-refractivity contribution is 6.74. The average Bonchev–Trinajstić information content (AvgIpc) is 3.49. The fraction of sp³-hybridized carbons (Fsp3) is 0.632. The number of nitrogens with one attached hydrogen (secondary N) is 1. The van der Waals surface area contributed by atoms with Crippen LogP contribution in [0.4, 0.5) is 26.9 Å². The Morgan fingerprint density at radius 2 is 1.67 bits per heavy atom. The van der Waals surface area contributed by atoms with E-state index in [2.05, 4.69) is 65.1 Å². The third-order valence-corrected chi connectivity index (χ3v) is 14.3. The number of aromatic nitrogens is 3. The van der Waals surface area contributed by atoms with Crippen LogP contribution >= 0.6 is 0 Å². The van der Waals surface area contributed by atoms with E-state index in [1.54, 1.807) is 40.9 Å². The number of ether oxygens (including phenoxy) is 3. The summed E-state index contributed by atoms with van der Waals surface area (Å²) in [7, 11) is -0.544. The number of anilines is 3. The number of carbonyl (C=O) groups excluding carboxylic acids is 1. The molecule has 1 aliphatic heterocycles. The van der Waals surface area contributed by atoms with E-state index in [9.17, 15) is 14.7 Å². The lowest BCUT2D eigenvalue weighted by atomic mass is 9.77. The minimum Gasteiger partial charge on any atom is -0.491 e. The third kappa shape index (κ3) is 9.75. The summed E-state index contributed by atoms with van der Waals surface area (Å²) in [6, 6.07) is 8.43. The molecule has 1 saturated heterocycles. The second-order valence-corrected chi connectivity index (χ2v) is 21.9. The number of amides is 2. The summed E-state index contributed by atoms with van der Waals surface area (Å²) < 4.78 is 25.4. The van der Waals surface area contributed by atoms with E-state index in [4.69, 9.17) is 23.6 Å². The number of benzene rings is 1. The zero-order valence-corrected chi connectivity index (χ0v) is 34.2. The van der Waals surface area contributed by atoms with E-state index in [0.717, 1.165) is 6.42 Å². The first-order valence-electron chi connectivity index (χ1n) is 18.2. The lowest BCUT2D eigenvalue weighted by Gasteiger charge is -2.47. The Bertz CT molecular complexity index is 1670. The van der Waals surface area contributed by atoms with Gasteiger partial charge < -0.3 is 34.0 Å². The maximum absolute atomic E-state index is 14.4. The van der Waals surface area contributed by atoms with E-state index in [1.807, 2.05) is 32.9 Å². The van der Waals surface area contributed by atoms with Crippen LogP contribution in [0.25, 0.3) is 5.65 Å². The number of carbonyl (C=O) groups is 2. The Hall–Kier alpha value is -3.88. The Kier molecular flexibility index (Phi) is 12.6. The summed E-state index contributed by atoms with van der Waals surface area (Å²) >= 11 is 0. The number of rotatable bonds is 12. The predicted octanol–water partition coefficient (Wildman–Crippen LogP) is 8.36. The van der Waals surface area contributed by atoms with Gasteiger partial charge in [0.25, 0.3) is 0 Å². The van der Waals surface area contributed by atoms with Crippen LogP contribution in [0.5, 0.6) is 5.75 Å². The molecule has 288 valence electrons. The molecule has 1 aliphatic rings. The zero-order valence-electron chi connectivity index (χ0n) is 33.2. The van der Waals surface area contributed by atoms with Crippen LogP contribution < -0.4 is 15.0 Å². The maximum Gasteiger partial charge on any atom is 0.420 e. The van der Waals surface area contributed by atoms with Crippen molar-refractivity contribution in [2.75, 3.05) is 43.7 Å². The fourth-order valence-electron chi connectivity index (χ4n) is 6.33. The van der Waals surface area contributed by atoms with Gasteiger partial charge in [-0.2, -0.15) is 9.61 Å². The molecule has 1 fully saturated rings. The molecule has 4 rings (SSSR count). The first-order valence-corrected chi connectivity index (χ1v) is 21.1. The van der Waals surface area contributed by atoms with Crippen molar-refractivity contribution in [1.29, 1.82) is 0 Å². The topological polar surface area (TPSA) is 140 Å². The second kappa shape index (κ2) is 16.0. The van der Waals surface area contributed by atoms with Gasteiger partial charge in [0.05, 0.1) is 24.5 Å². The number of hydrogen-bond donors (Lipinski definition) is 2. The van der Waals surface area contributed by atoms with Crippen LogP contribution in [0.3, 0.4) is 0 Å². The van der Waals surface area contributed by atoms with Gasteiger partial charge in [-0.05, 0) is 81.4 Å². The van der Waals surface area contributed by atoms with Gasteiger partial charge in [-0.25, -0.2) is 19.5 Å². The Labute approximate surface area is 310 Å². The van der Waals surface area contributed by atoms with Crippen LogP contribution in [-0.2, 0) is 20.3 Å². The lowest BCUT2D eigenvalue weighted by Crippen LogP contribution is -2.58. The molecule has 0 bridgehead atoms. The normalized spacial score (nSPS) is 17.3. The summed E-state index contributed by atoms with van der Waals surface area (Å²) in [6.07, 6.45) is 1.94. The highest BCUT2D eigenvalue weighted by Crippen LogP contribution is 2.40. The van der Waals surface area contributed by atoms with E-state index in [0.29, 0.717) is 73.5 Å². The van der Waals surface area contributed by atoms with E-state index in [1.165, 1.54) is 4.90 Å². The van der Waals surface area contributed by atoms with Crippen LogP contribution in [0, 0.1) is 5.41 Å². The smallest absolute Gasteiger partial charge is 0.420 e. The van der Waals surface area contributed by atoms with Crippen molar-refractivity contribution in [2.45, 2.75) is 117 Å². The molecule has 2 amide bonds. The van der Waals surface area contributed by atoms with Gasteiger partial charge in [-0.15, -0.1) is 0 Å². The maximum atomic E-state index is 14.4. The third-order valence-electron chi connectivity index (χ3n) is 9.75. The van der Waals surface area contributed by atoms with Crippen LogP contribution in [-0.4, -0.2) is 96.3 Å². The lowest BCUT2D eigenvalue weighted by molar-refractivity contribution is 0.0518. The number of likely N-dealkylation sites (tertiary alicyclic amines) is 1. The molecule has 14 heteroatoms.